The van der Waals surface area contributed by atoms with Gasteiger partial charge < -0.3 is 24.9 Å². The molecule has 0 saturated carbocycles. The Bertz CT molecular complexity index is 1040. The summed E-state index contributed by atoms with van der Waals surface area (Å²) in [5.41, 5.74) is 7.20. The third-order valence-electron chi connectivity index (χ3n) is 6.83. The molecule has 0 bridgehead atoms. The van der Waals surface area contributed by atoms with Gasteiger partial charge in [0.1, 0.15) is 19.8 Å². The van der Waals surface area contributed by atoms with E-state index >= 15 is 0 Å². The fraction of sp³-hybridized carbons (Fsp3) is 0.536. The third kappa shape index (κ3) is 7.77. The van der Waals surface area contributed by atoms with Gasteiger partial charge in [-0.1, -0.05) is 36.2 Å². The number of nitrogens with two attached hydrogens (primary N) is 1. The van der Waals surface area contributed by atoms with Crippen molar-refractivity contribution in [1.82, 2.24) is 4.90 Å². The molecule has 0 aliphatic carbocycles. The van der Waals surface area contributed by atoms with E-state index in [0.29, 0.717) is 37.5 Å². The average Bonchev–Trinajstić information content (AvgIpc) is 2.93. The number of halogens is 3. The van der Waals surface area contributed by atoms with Crippen LogP contribution >= 0.6 is 0 Å². The first-order valence-corrected chi connectivity index (χ1v) is 13.4. The van der Waals surface area contributed by atoms with Crippen LogP contribution in [0.15, 0.2) is 47.6 Å². The summed E-state index contributed by atoms with van der Waals surface area (Å²) >= 11 is 0. The van der Waals surface area contributed by atoms with Crippen LogP contribution in [0.3, 0.4) is 0 Å². The number of nitrogens with zero attached hydrogens (tertiary/aromatic N) is 3. The lowest BCUT2D eigenvalue weighted by atomic mass is 10.0. The molecule has 1 fully saturated rings. The summed E-state index contributed by atoms with van der Waals surface area (Å²) in [4.78, 5) is 10.1. The fourth-order valence-electron chi connectivity index (χ4n) is 4.77. The average molecular weight is 535 g/mol. The standard InChI is InChI=1S/C28H37F3N4O3/c29-28(30,31)23-11-9-22(10-12-23)24(33-38-19-13-32)6-3-1-2-4-14-34-15-17-35(18-16-34)25-7-5-8-26-27(25)37-21-20-36-26/h5,7-12H,1-4,6,13-21,32H2/b33-24+. The molecule has 0 amide bonds. The molecule has 0 radical (unpaired) electrons. The van der Waals surface area contributed by atoms with Gasteiger partial charge in [0.15, 0.2) is 11.5 Å². The second kappa shape index (κ2) is 13.7. The highest BCUT2D eigenvalue weighted by atomic mass is 19.4. The summed E-state index contributed by atoms with van der Waals surface area (Å²) in [6, 6.07) is 11.2. The number of fused-ring (bicyclic) bond motifs is 1. The zero-order valence-corrected chi connectivity index (χ0v) is 21.7. The number of rotatable bonds is 12. The minimum Gasteiger partial charge on any atom is -0.486 e. The zero-order chi connectivity index (χ0) is 26.8. The topological polar surface area (TPSA) is 72.6 Å². The maximum Gasteiger partial charge on any atom is 0.416 e. The van der Waals surface area contributed by atoms with E-state index in [0.717, 1.165) is 87.7 Å². The SMILES string of the molecule is NCCO/N=C(\CCCCCCN1CCN(c2cccc3c2OCCO3)CC1)c1ccc(C(F)(F)F)cc1. The Morgan fingerprint density at radius 3 is 2.39 bits per heavy atom. The van der Waals surface area contributed by atoms with Crippen molar-refractivity contribution < 1.29 is 27.5 Å². The van der Waals surface area contributed by atoms with Gasteiger partial charge in [-0.15, -0.1) is 0 Å². The molecular weight excluding hydrogens is 497 g/mol. The molecule has 2 N–H and O–H groups in total. The lowest BCUT2D eigenvalue weighted by molar-refractivity contribution is -0.137. The van der Waals surface area contributed by atoms with E-state index in [1.807, 2.05) is 12.1 Å². The summed E-state index contributed by atoms with van der Waals surface area (Å²) in [7, 11) is 0. The number of piperazine rings is 1. The van der Waals surface area contributed by atoms with Gasteiger partial charge in [-0.3, -0.25) is 4.90 Å². The van der Waals surface area contributed by atoms with E-state index in [1.54, 1.807) is 0 Å². The van der Waals surface area contributed by atoms with Crippen molar-refractivity contribution >= 4 is 11.4 Å². The van der Waals surface area contributed by atoms with Crippen LogP contribution in [0.2, 0.25) is 0 Å². The van der Waals surface area contributed by atoms with Crippen molar-refractivity contribution in [3.05, 3.63) is 53.6 Å². The van der Waals surface area contributed by atoms with Gasteiger partial charge in [0.2, 0.25) is 0 Å². The van der Waals surface area contributed by atoms with Gasteiger partial charge in [0, 0.05) is 32.7 Å². The lowest BCUT2D eigenvalue weighted by Gasteiger charge is -2.37. The second-order valence-corrected chi connectivity index (χ2v) is 9.53. The van der Waals surface area contributed by atoms with Gasteiger partial charge in [-0.05, 0) is 55.6 Å². The van der Waals surface area contributed by atoms with Crippen molar-refractivity contribution in [3.63, 3.8) is 0 Å². The molecule has 0 atom stereocenters. The third-order valence-corrected chi connectivity index (χ3v) is 6.83. The summed E-state index contributed by atoms with van der Waals surface area (Å²) in [5, 5.41) is 4.15. The Kier molecular flexibility index (Phi) is 10.1. The molecule has 2 aliphatic heterocycles. The van der Waals surface area contributed by atoms with Crippen LogP contribution in [0, 0.1) is 0 Å². The van der Waals surface area contributed by atoms with Crippen LogP contribution in [0.1, 0.15) is 43.2 Å². The molecule has 38 heavy (non-hydrogen) atoms. The Morgan fingerprint density at radius 1 is 0.921 bits per heavy atom. The maximum absolute atomic E-state index is 12.9. The van der Waals surface area contributed by atoms with Crippen LogP contribution in [-0.2, 0) is 11.0 Å². The minimum atomic E-state index is -4.36. The van der Waals surface area contributed by atoms with E-state index < -0.39 is 11.7 Å². The molecule has 2 aliphatic rings. The number of para-hydroxylation sites is 1. The van der Waals surface area contributed by atoms with Crippen LogP contribution in [-0.4, -0.2) is 69.7 Å². The maximum atomic E-state index is 12.9. The molecular formula is C28H37F3N4O3. The van der Waals surface area contributed by atoms with Crippen LogP contribution in [0.25, 0.3) is 0 Å². The number of unbranched alkanes of at least 4 members (excludes halogenated alkanes) is 3. The molecule has 0 unspecified atom stereocenters. The molecule has 10 heteroatoms. The molecule has 2 aromatic rings. The Balaban J connectivity index is 1.17. The molecule has 0 aromatic heterocycles. The van der Waals surface area contributed by atoms with E-state index in [-0.39, 0.29) is 6.61 Å². The van der Waals surface area contributed by atoms with E-state index in [2.05, 4.69) is 21.0 Å². The largest absolute Gasteiger partial charge is 0.486 e. The number of ether oxygens (including phenoxy) is 2. The smallest absolute Gasteiger partial charge is 0.416 e. The van der Waals surface area contributed by atoms with Crippen molar-refractivity contribution in [2.45, 2.75) is 38.3 Å². The van der Waals surface area contributed by atoms with Crippen molar-refractivity contribution in [3.8, 4) is 11.5 Å². The number of alkyl halides is 3. The summed E-state index contributed by atoms with van der Waals surface area (Å²) in [6.45, 7) is 6.75. The van der Waals surface area contributed by atoms with Crippen molar-refractivity contribution in [2.24, 2.45) is 10.9 Å². The van der Waals surface area contributed by atoms with Gasteiger partial charge >= 0.3 is 6.18 Å². The molecule has 4 rings (SSSR count). The van der Waals surface area contributed by atoms with Crippen molar-refractivity contribution in [1.29, 1.82) is 0 Å². The van der Waals surface area contributed by atoms with E-state index in [9.17, 15) is 13.2 Å². The number of oxime groups is 1. The number of hydrogen-bond acceptors (Lipinski definition) is 7. The monoisotopic (exact) mass is 534 g/mol. The first-order valence-electron chi connectivity index (χ1n) is 13.4. The van der Waals surface area contributed by atoms with Gasteiger partial charge in [0.05, 0.1) is 17.0 Å². The first kappa shape index (κ1) is 28.0. The van der Waals surface area contributed by atoms with Crippen LogP contribution in [0.5, 0.6) is 11.5 Å². The van der Waals surface area contributed by atoms with Gasteiger partial charge in [0.25, 0.3) is 0 Å². The number of benzene rings is 2. The number of anilines is 1. The normalized spacial score (nSPS) is 16.5. The lowest BCUT2D eigenvalue weighted by Crippen LogP contribution is -2.46. The van der Waals surface area contributed by atoms with Gasteiger partial charge in [-0.2, -0.15) is 13.2 Å². The Labute approximate surface area is 222 Å². The van der Waals surface area contributed by atoms with Gasteiger partial charge in [-0.25, -0.2) is 0 Å². The predicted octanol–water partition coefficient (Wildman–Crippen LogP) is 4.93. The van der Waals surface area contributed by atoms with E-state index in [1.165, 1.54) is 12.1 Å². The van der Waals surface area contributed by atoms with Crippen LogP contribution in [0.4, 0.5) is 18.9 Å². The molecule has 1 saturated heterocycles. The summed E-state index contributed by atoms with van der Waals surface area (Å²) < 4.78 is 50.3. The highest BCUT2D eigenvalue weighted by Crippen LogP contribution is 2.39. The quantitative estimate of drug-likeness (QED) is 0.237. The summed E-state index contributed by atoms with van der Waals surface area (Å²) in [6.07, 6.45) is 0.380. The molecule has 208 valence electrons. The highest BCUT2D eigenvalue weighted by Gasteiger charge is 2.30. The molecule has 0 spiro atoms. The van der Waals surface area contributed by atoms with E-state index in [4.69, 9.17) is 20.0 Å². The fourth-order valence-corrected chi connectivity index (χ4v) is 4.77. The molecule has 7 nitrogen and oxygen atoms in total. The minimum absolute atomic E-state index is 0.269. The number of hydrogen-bond donors (Lipinski definition) is 1. The second-order valence-electron chi connectivity index (χ2n) is 9.53. The zero-order valence-electron chi connectivity index (χ0n) is 21.7. The molecule has 2 aromatic carbocycles. The predicted molar refractivity (Wildman–Crippen MR) is 142 cm³/mol. The summed E-state index contributed by atoms with van der Waals surface area (Å²) in [5.74, 6) is 1.69. The first-order chi connectivity index (χ1) is 18.5. The molecule has 2 heterocycles. The Hall–Kier alpha value is -2.98. The highest BCUT2D eigenvalue weighted by molar-refractivity contribution is 6.00. The Morgan fingerprint density at radius 2 is 1.66 bits per heavy atom. The van der Waals surface area contributed by atoms with Crippen LogP contribution < -0.4 is 20.1 Å². The van der Waals surface area contributed by atoms with Crippen molar-refractivity contribution in [2.75, 3.05) is 64.0 Å².